The Kier molecular flexibility index (Phi) is 12.7. The second kappa shape index (κ2) is 20.8. The average Bonchev–Trinajstić information content (AvgIpc) is 0.938. The van der Waals surface area contributed by atoms with Crippen molar-refractivity contribution in [2.45, 2.75) is 118 Å². The van der Waals surface area contributed by atoms with Gasteiger partial charge in [0.15, 0.2) is 11.2 Å². The molecule has 0 aliphatic heterocycles. The van der Waals surface area contributed by atoms with Gasteiger partial charge in [-0.25, -0.2) is 0 Å². The first-order chi connectivity index (χ1) is 42.2. The average molecular weight is 1120 g/mol. The summed E-state index contributed by atoms with van der Waals surface area (Å²) >= 11 is 0. The standard InChI is InChI=1S/C82H72N2O2/c1-7-53-21-13-15-27-59(53)63-29-17-31-65-67-33-19-35-73(81(67)85-79(63)65)83(57-43-49(3)41-50(4)44-57)75-47-71(55-23-9-10-24-55)61-38-40-70-76(48-72(56-25-11-12-26-56)62-37-39-69(75)77(61)78(62)70)84(58-45-51(5)42-52(6)46-58)74-36-20-34-68-66-32-18-30-64(80(66)86-82(68)74)60-28-16-14-22-54(60)8-2/h13-22,27-48,55-56H,7-12,23-26H2,1-6H3. The van der Waals surface area contributed by atoms with Crippen LogP contribution >= 0.6 is 0 Å². The number of hydrogen-bond acceptors (Lipinski definition) is 4. The van der Waals surface area contributed by atoms with Crippen LogP contribution in [0.4, 0.5) is 34.1 Å². The molecule has 2 aliphatic carbocycles. The van der Waals surface area contributed by atoms with E-state index in [1.807, 2.05) is 0 Å². The quantitative estimate of drug-likeness (QED) is 0.114. The second-order valence-corrected chi connectivity index (χ2v) is 25.3. The summed E-state index contributed by atoms with van der Waals surface area (Å²) in [6.07, 6.45) is 11.6. The van der Waals surface area contributed by atoms with Gasteiger partial charge in [-0.15, -0.1) is 0 Å². The lowest BCUT2D eigenvalue weighted by atomic mass is 9.82. The maximum Gasteiger partial charge on any atom is 0.159 e. The minimum atomic E-state index is 0.433. The zero-order valence-corrected chi connectivity index (χ0v) is 50.4. The predicted octanol–water partition coefficient (Wildman–Crippen LogP) is 24.3. The van der Waals surface area contributed by atoms with E-state index in [0.29, 0.717) is 11.8 Å². The molecule has 2 saturated carbocycles. The number of aryl methyl sites for hydroxylation is 6. The summed E-state index contributed by atoms with van der Waals surface area (Å²) in [5.74, 6) is 0.867. The lowest BCUT2D eigenvalue weighted by Gasteiger charge is -2.32. The summed E-state index contributed by atoms with van der Waals surface area (Å²) in [6.45, 7) is 13.5. The Morgan fingerprint density at radius 1 is 0.326 bits per heavy atom. The number of nitrogens with zero attached hydrogens (tertiary/aromatic N) is 2. The third-order valence-corrected chi connectivity index (χ3v) is 19.8. The van der Waals surface area contributed by atoms with Crippen molar-refractivity contribution in [3.63, 3.8) is 0 Å². The lowest BCUT2D eigenvalue weighted by molar-refractivity contribution is 0.669. The van der Waals surface area contributed by atoms with Crippen LogP contribution in [-0.2, 0) is 12.8 Å². The molecule has 86 heavy (non-hydrogen) atoms. The van der Waals surface area contributed by atoms with Gasteiger partial charge in [-0.3, -0.25) is 0 Å². The minimum Gasteiger partial charge on any atom is -0.453 e. The van der Waals surface area contributed by atoms with Gasteiger partial charge in [0.05, 0.1) is 22.7 Å². The molecule has 2 fully saturated rings. The molecule has 16 rings (SSSR count). The number of para-hydroxylation sites is 4. The minimum absolute atomic E-state index is 0.433. The molecule has 4 nitrogen and oxygen atoms in total. The van der Waals surface area contributed by atoms with E-state index in [2.05, 4.69) is 245 Å². The molecule has 0 unspecified atom stereocenters. The van der Waals surface area contributed by atoms with Crippen molar-refractivity contribution in [2.24, 2.45) is 0 Å². The summed E-state index contributed by atoms with van der Waals surface area (Å²) in [7, 11) is 0. The molecule has 0 spiro atoms. The van der Waals surface area contributed by atoms with Crippen molar-refractivity contribution in [1.29, 1.82) is 0 Å². The summed E-state index contributed by atoms with van der Waals surface area (Å²) in [6, 6.07) is 74.0. The SMILES string of the molecule is CCc1ccccc1-c1cccc2c1oc1c(N(c3cc(C)cc(C)c3)c3cc(C4CCCC4)c4ccc5c(N(c6cc(C)cc(C)c6)c6cccc7c6oc6c(-c8ccccc8CC)cccc67)cc(C6CCCC6)c6ccc3c4c65)cccc12. The number of fused-ring (bicyclic) bond motifs is 6. The maximum absolute atomic E-state index is 7.46. The van der Waals surface area contributed by atoms with Gasteiger partial charge >= 0.3 is 0 Å². The predicted molar refractivity (Wildman–Crippen MR) is 365 cm³/mol. The molecule has 422 valence electrons. The number of furan rings is 2. The topological polar surface area (TPSA) is 32.8 Å². The maximum atomic E-state index is 7.46. The summed E-state index contributed by atoms with van der Waals surface area (Å²) in [4.78, 5) is 5.15. The highest BCUT2D eigenvalue weighted by atomic mass is 16.3. The van der Waals surface area contributed by atoms with Crippen LogP contribution in [0.1, 0.15) is 122 Å². The molecule has 14 aromatic rings. The van der Waals surface area contributed by atoms with E-state index in [1.54, 1.807) is 0 Å². The fourth-order valence-electron chi connectivity index (χ4n) is 16.1. The fourth-order valence-corrected chi connectivity index (χ4v) is 16.1. The van der Waals surface area contributed by atoms with Crippen LogP contribution in [0.3, 0.4) is 0 Å². The monoisotopic (exact) mass is 1120 g/mol. The van der Waals surface area contributed by atoms with Crippen molar-refractivity contribution < 1.29 is 8.83 Å². The summed E-state index contributed by atoms with van der Waals surface area (Å²) < 4.78 is 14.9. The zero-order valence-electron chi connectivity index (χ0n) is 50.4. The Labute approximate surface area is 504 Å². The molecular weight excluding hydrogens is 1040 g/mol. The number of benzene rings is 12. The van der Waals surface area contributed by atoms with Gasteiger partial charge in [0.1, 0.15) is 11.2 Å². The first kappa shape index (κ1) is 52.4. The Balaban J connectivity index is 1.01. The van der Waals surface area contributed by atoms with Crippen LogP contribution in [0.25, 0.3) is 98.4 Å². The van der Waals surface area contributed by atoms with Crippen molar-refractivity contribution in [3.8, 4) is 22.3 Å². The molecule has 12 aromatic carbocycles. The Bertz CT molecular complexity index is 4650. The normalized spacial score (nSPS) is 14.3. The van der Waals surface area contributed by atoms with E-state index in [9.17, 15) is 0 Å². The first-order valence-corrected chi connectivity index (χ1v) is 31.8. The van der Waals surface area contributed by atoms with Gasteiger partial charge in [0.25, 0.3) is 0 Å². The summed E-state index contributed by atoms with van der Waals surface area (Å²) in [5.41, 5.74) is 25.6. The van der Waals surface area contributed by atoms with Crippen molar-refractivity contribution >= 4 is 110 Å². The Morgan fingerprint density at radius 2 is 0.674 bits per heavy atom. The Hall–Kier alpha value is -9.12. The Morgan fingerprint density at radius 3 is 1.07 bits per heavy atom. The number of rotatable bonds is 12. The third-order valence-electron chi connectivity index (χ3n) is 19.8. The highest BCUT2D eigenvalue weighted by Crippen LogP contribution is 2.56. The smallest absolute Gasteiger partial charge is 0.159 e. The van der Waals surface area contributed by atoms with Gasteiger partial charge in [0, 0.05) is 54.8 Å². The summed E-state index contributed by atoms with van der Waals surface area (Å²) in [5, 5.41) is 12.5. The molecule has 4 heteroatoms. The van der Waals surface area contributed by atoms with Crippen molar-refractivity contribution in [1.82, 2.24) is 0 Å². The van der Waals surface area contributed by atoms with Crippen LogP contribution in [0.15, 0.2) is 203 Å². The molecule has 2 aromatic heterocycles. The third kappa shape index (κ3) is 8.38. The lowest BCUT2D eigenvalue weighted by Crippen LogP contribution is -2.14. The number of anilines is 6. The van der Waals surface area contributed by atoms with E-state index in [4.69, 9.17) is 8.83 Å². The largest absolute Gasteiger partial charge is 0.453 e. The molecule has 0 amide bonds. The van der Waals surface area contributed by atoms with E-state index < -0.39 is 0 Å². The molecular formula is C82H72N2O2. The van der Waals surface area contributed by atoms with E-state index in [1.165, 1.54) is 151 Å². The van der Waals surface area contributed by atoms with Gasteiger partial charge in [-0.2, -0.15) is 0 Å². The van der Waals surface area contributed by atoms with E-state index >= 15 is 0 Å². The highest BCUT2D eigenvalue weighted by molar-refractivity contribution is 6.30. The van der Waals surface area contributed by atoms with Crippen LogP contribution < -0.4 is 9.80 Å². The molecule has 0 N–H and O–H groups in total. The first-order valence-electron chi connectivity index (χ1n) is 31.8. The van der Waals surface area contributed by atoms with Gasteiger partial charge in [0.2, 0.25) is 0 Å². The molecule has 2 heterocycles. The van der Waals surface area contributed by atoms with Crippen molar-refractivity contribution in [2.75, 3.05) is 9.80 Å². The molecule has 0 bridgehead atoms. The second-order valence-electron chi connectivity index (χ2n) is 25.3. The highest BCUT2D eigenvalue weighted by Gasteiger charge is 2.32. The number of hydrogen-bond donors (Lipinski definition) is 0. The van der Waals surface area contributed by atoms with Gasteiger partial charge in [-0.1, -0.05) is 185 Å². The molecule has 0 atom stereocenters. The van der Waals surface area contributed by atoms with Crippen molar-refractivity contribution in [3.05, 3.63) is 239 Å². The van der Waals surface area contributed by atoms with Gasteiger partial charge in [-0.05, 0) is 204 Å². The van der Waals surface area contributed by atoms with E-state index in [0.717, 1.165) is 90.6 Å². The molecule has 0 saturated heterocycles. The van der Waals surface area contributed by atoms with Gasteiger partial charge < -0.3 is 18.6 Å². The van der Waals surface area contributed by atoms with Crippen LogP contribution in [0.5, 0.6) is 0 Å². The van der Waals surface area contributed by atoms with Crippen LogP contribution in [0, 0.1) is 27.7 Å². The van der Waals surface area contributed by atoms with Crippen LogP contribution in [-0.4, -0.2) is 0 Å². The fraction of sp³-hybridized carbons (Fsp3) is 0.220. The molecule has 2 aliphatic rings. The zero-order chi connectivity index (χ0) is 57.9. The van der Waals surface area contributed by atoms with E-state index in [-0.39, 0.29) is 0 Å². The molecule has 0 radical (unpaired) electrons. The van der Waals surface area contributed by atoms with Crippen LogP contribution in [0.2, 0.25) is 0 Å².